The first-order chi connectivity index (χ1) is 15.1. The Hall–Kier alpha value is -3.26. The zero-order valence-corrected chi connectivity index (χ0v) is 20.1. The van der Waals surface area contributed by atoms with E-state index >= 15 is 0 Å². The minimum Gasteiger partial charge on any atom is -0.453 e. The first kappa shape index (κ1) is 20.6. The fourth-order valence-corrected chi connectivity index (χ4v) is 4.92. The molecule has 2 nitrogen and oxygen atoms in total. The van der Waals surface area contributed by atoms with Crippen molar-refractivity contribution >= 4 is 27.8 Å². The van der Waals surface area contributed by atoms with Crippen LogP contribution in [0.15, 0.2) is 60.7 Å². The van der Waals surface area contributed by atoms with Crippen LogP contribution in [0.25, 0.3) is 10.8 Å². The molecular formula is C30H31NO. The third kappa shape index (κ3) is 3.17. The summed E-state index contributed by atoms with van der Waals surface area (Å²) >= 11 is 0. The van der Waals surface area contributed by atoms with Crippen molar-refractivity contribution in [2.75, 3.05) is 4.90 Å². The van der Waals surface area contributed by atoms with Crippen LogP contribution in [0.3, 0.4) is 0 Å². The van der Waals surface area contributed by atoms with E-state index in [1.165, 1.54) is 44.3 Å². The normalized spacial score (nSPS) is 13.0. The van der Waals surface area contributed by atoms with Gasteiger partial charge in [0.15, 0.2) is 11.5 Å². The van der Waals surface area contributed by atoms with Crippen LogP contribution >= 0.6 is 0 Å². The molecule has 0 fully saturated rings. The van der Waals surface area contributed by atoms with Crippen molar-refractivity contribution in [2.45, 2.75) is 53.9 Å². The molecule has 0 saturated carbocycles. The molecule has 0 saturated heterocycles. The van der Waals surface area contributed by atoms with E-state index in [1.807, 2.05) is 0 Å². The molecule has 5 rings (SSSR count). The average Bonchev–Trinajstić information content (AvgIpc) is 2.72. The van der Waals surface area contributed by atoms with E-state index in [2.05, 4.69) is 114 Å². The van der Waals surface area contributed by atoms with Crippen LogP contribution in [0, 0.1) is 27.7 Å². The Morgan fingerprint density at radius 3 is 1.97 bits per heavy atom. The van der Waals surface area contributed by atoms with Gasteiger partial charge in [-0.15, -0.1) is 0 Å². The fraction of sp³-hybridized carbons (Fsp3) is 0.267. The van der Waals surface area contributed by atoms with Gasteiger partial charge in [-0.3, -0.25) is 0 Å². The van der Waals surface area contributed by atoms with E-state index in [0.717, 1.165) is 22.9 Å². The third-order valence-electron chi connectivity index (χ3n) is 6.57. The van der Waals surface area contributed by atoms with Gasteiger partial charge in [-0.05, 0) is 84.5 Å². The summed E-state index contributed by atoms with van der Waals surface area (Å²) in [6, 6.07) is 22.0. The van der Waals surface area contributed by atoms with Crippen LogP contribution in [0.4, 0.5) is 17.1 Å². The second kappa shape index (κ2) is 7.13. The predicted octanol–water partition coefficient (Wildman–Crippen LogP) is 8.95. The van der Waals surface area contributed by atoms with E-state index in [9.17, 15) is 0 Å². The summed E-state index contributed by atoms with van der Waals surface area (Å²) in [7, 11) is 0. The Labute approximate surface area is 191 Å². The van der Waals surface area contributed by atoms with Crippen molar-refractivity contribution in [3.63, 3.8) is 0 Å². The lowest BCUT2D eigenvalue weighted by molar-refractivity contribution is 0.477. The quantitative estimate of drug-likeness (QED) is 0.268. The molecule has 1 heterocycles. The molecule has 0 N–H and O–H groups in total. The monoisotopic (exact) mass is 421 g/mol. The van der Waals surface area contributed by atoms with Gasteiger partial charge < -0.3 is 9.64 Å². The molecule has 0 spiro atoms. The van der Waals surface area contributed by atoms with Gasteiger partial charge in [0.2, 0.25) is 0 Å². The summed E-state index contributed by atoms with van der Waals surface area (Å²) in [5.74, 6) is 1.82. The van der Waals surface area contributed by atoms with Gasteiger partial charge in [0.25, 0.3) is 0 Å². The molecule has 0 radical (unpaired) electrons. The number of hydrogen-bond donors (Lipinski definition) is 0. The number of nitrogens with zero attached hydrogens (tertiary/aromatic N) is 1. The lowest BCUT2D eigenvalue weighted by atomic mass is 9.84. The Morgan fingerprint density at radius 2 is 1.31 bits per heavy atom. The highest BCUT2D eigenvalue weighted by Gasteiger charge is 2.31. The maximum absolute atomic E-state index is 6.51. The average molecular weight is 422 g/mol. The molecule has 0 bridgehead atoms. The molecule has 0 amide bonds. The minimum atomic E-state index is 0.107. The summed E-state index contributed by atoms with van der Waals surface area (Å²) in [6.07, 6.45) is 0. The smallest absolute Gasteiger partial charge is 0.152 e. The molecule has 0 unspecified atom stereocenters. The zero-order chi connectivity index (χ0) is 22.8. The zero-order valence-electron chi connectivity index (χ0n) is 20.1. The van der Waals surface area contributed by atoms with Gasteiger partial charge in [-0.2, -0.15) is 0 Å². The van der Waals surface area contributed by atoms with Crippen LogP contribution in [-0.4, -0.2) is 0 Å². The van der Waals surface area contributed by atoms with Crippen molar-refractivity contribution in [3.05, 3.63) is 88.5 Å². The topological polar surface area (TPSA) is 12.5 Å². The highest BCUT2D eigenvalue weighted by Crippen LogP contribution is 2.55. The SMILES string of the molecule is Cc1ccc2c(c1)Oc1cc(C)c3ccccc3c1N2c1c(C)cc(C(C)(C)C)cc1C. The highest BCUT2D eigenvalue weighted by atomic mass is 16.5. The number of fused-ring (bicyclic) bond motifs is 4. The van der Waals surface area contributed by atoms with Gasteiger partial charge in [0.1, 0.15) is 0 Å². The highest BCUT2D eigenvalue weighted by molar-refractivity contribution is 6.05. The van der Waals surface area contributed by atoms with Crippen LogP contribution in [0.2, 0.25) is 0 Å². The molecule has 0 atom stereocenters. The molecule has 2 heteroatoms. The maximum Gasteiger partial charge on any atom is 0.152 e. The van der Waals surface area contributed by atoms with Crippen molar-refractivity contribution < 1.29 is 4.74 Å². The van der Waals surface area contributed by atoms with Crippen LogP contribution in [-0.2, 0) is 5.41 Å². The van der Waals surface area contributed by atoms with Gasteiger partial charge >= 0.3 is 0 Å². The Balaban J connectivity index is 1.87. The van der Waals surface area contributed by atoms with Gasteiger partial charge in [0, 0.05) is 5.39 Å². The van der Waals surface area contributed by atoms with Gasteiger partial charge in [-0.1, -0.05) is 63.2 Å². The molecular weight excluding hydrogens is 390 g/mol. The van der Waals surface area contributed by atoms with E-state index in [-0.39, 0.29) is 5.41 Å². The number of hydrogen-bond acceptors (Lipinski definition) is 2. The van der Waals surface area contributed by atoms with Crippen LogP contribution in [0.5, 0.6) is 11.5 Å². The molecule has 4 aromatic rings. The molecule has 0 aliphatic carbocycles. The Bertz CT molecular complexity index is 1350. The van der Waals surface area contributed by atoms with E-state index in [4.69, 9.17) is 4.74 Å². The van der Waals surface area contributed by atoms with Crippen molar-refractivity contribution in [1.29, 1.82) is 0 Å². The second-order valence-corrected chi connectivity index (χ2v) is 10.2. The number of benzene rings is 4. The second-order valence-electron chi connectivity index (χ2n) is 10.2. The van der Waals surface area contributed by atoms with Crippen molar-refractivity contribution in [3.8, 4) is 11.5 Å². The van der Waals surface area contributed by atoms with E-state index < -0.39 is 0 Å². The molecule has 1 aliphatic heterocycles. The third-order valence-corrected chi connectivity index (χ3v) is 6.57. The largest absolute Gasteiger partial charge is 0.453 e. The van der Waals surface area contributed by atoms with E-state index in [0.29, 0.717) is 0 Å². The predicted molar refractivity (Wildman–Crippen MR) is 136 cm³/mol. The first-order valence-electron chi connectivity index (χ1n) is 11.4. The summed E-state index contributed by atoms with van der Waals surface area (Å²) in [6.45, 7) is 15.6. The maximum atomic E-state index is 6.51. The summed E-state index contributed by atoms with van der Waals surface area (Å²) in [4.78, 5) is 2.42. The summed E-state index contributed by atoms with van der Waals surface area (Å²) < 4.78 is 6.51. The van der Waals surface area contributed by atoms with Crippen molar-refractivity contribution in [1.82, 2.24) is 0 Å². The molecule has 162 valence electrons. The standard InChI is InChI=1S/C30H31NO/c1-18-12-13-25-26(14-18)32-27-17-19(2)23-10-8-9-11-24(23)29(27)31(25)28-20(3)15-22(16-21(28)4)30(5,6)7/h8-17H,1-7H3. The fourth-order valence-electron chi connectivity index (χ4n) is 4.92. The number of rotatable bonds is 1. The molecule has 1 aliphatic rings. The van der Waals surface area contributed by atoms with Crippen molar-refractivity contribution in [2.24, 2.45) is 0 Å². The molecule has 4 aromatic carbocycles. The first-order valence-corrected chi connectivity index (χ1v) is 11.4. The van der Waals surface area contributed by atoms with E-state index in [1.54, 1.807) is 0 Å². The minimum absolute atomic E-state index is 0.107. The number of ether oxygens (including phenoxy) is 1. The number of aryl methyl sites for hydroxylation is 4. The van der Waals surface area contributed by atoms with Crippen LogP contribution < -0.4 is 9.64 Å². The lowest BCUT2D eigenvalue weighted by Gasteiger charge is -2.36. The molecule has 0 aromatic heterocycles. The summed E-state index contributed by atoms with van der Waals surface area (Å²) in [5.41, 5.74) is 9.90. The van der Waals surface area contributed by atoms with Gasteiger partial charge in [0.05, 0.1) is 17.1 Å². The van der Waals surface area contributed by atoms with Crippen LogP contribution in [0.1, 0.15) is 48.6 Å². The molecule has 32 heavy (non-hydrogen) atoms. The number of anilines is 3. The Kier molecular flexibility index (Phi) is 4.60. The lowest BCUT2D eigenvalue weighted by Crippen LogP contribution is -2.20. The Morgan fingerprint density at radius 1 is 0.656 bits per heavy atom. The summed E-state index contributed by atoms with van der Waals surface area (Å²) in [5, 5.41) is 2.48. The van der Waals surface area contributed by atoms with Gasteiger partial charge in [-0.25, -0.2) is 0 Å².